The molecule has 1 aliphatic rings. The van der Waals surface area contributed by atoms with Crippen molar-refractivity contribution in [2.24, 2.45) is 0 Å². The molecule has 0 radical (unpaired) electrons. The molecule has 0 atom stereocenters. The van der Waals surface area contributed by atoms with Crippen molar-refractivity contribution < 1.29 is 4.79 Å². The van der Waals surface area contributed by atoms with Crippen LogP contribution in [0.25, 0.3) is 17.0 Å². The molecule has 1 saturated heterocycles. The molecule has 1 fully saturated rings. The zero-order valence-electron chi connectivity index (χ0n) is 18.5. The zero-order chi connectivity index (χ0) is 22.1. The quantitative estimate of drug-likeness (QED) is 0.499. The van der Waals surface area contributed by atoms with Crippen molar-refractivity contribution in [3.63, 3.8) is 0 Å². The molecular formula is C24H27N7O. The second kappa shape index (κ2) is 8.55. The third-order valence-electron chi connectivity index (χ3n) is 6.04. The summed E-state index contributed by atoms with van der Waals surface area (Å²) < 4.78 is 4.05. The predicted molar refractivity (Wildman–Crippen MR) is 123 cm³/mol. The van der Waals surface area contributed by atoms with Crippen LogP contribution in [0.5, 0.6) is 0 Å². The smallest absolute Gasteiger partial charge is 0.274 e. The van der Waals surface area contributed by atoms with E-state index in [2.05, 4.69) is 21.5 Å². The van der Waals surface area contributed by atoms with Crippen LogP contribution in [0, 0.1) is 6.92 Å². The van der Waals surface area contributed by atoms with Gasteiger partial charge in [-0.2, -0.15) is 0 Å². The van der Waals surface area contributed by atoms with Crippen LogP contribution in [0.3, 0.4) is 0 Å². The first kappa shape index (κ1) is 20.4. The molecule has 8 heteroatoms. The molecule has 0 aromatic carbocycles. The van der Waals surface area contributed by atoms with Crippen LogP contribution in [-0.2, 0) is 6.54 Å². The van der Waals surface area contributed by atoms with E-state index in [0.29, 0.717) is 18.1 Å². The Morgan fingerprint density at radius 2 is 1.97 bits per heavy atom. The Balaban J connectivity index is 1.51. The van der Waals surface area contributed by atoms with Crippen LogP contribution in [0.15, 0.2) is 55.1 Å². The minimum atomic E-state index is -0.0123. The van der Waals surface area contributed by atoms with E-state index < -0.39 is 0 Å². The highest BCUT2D eigenvalue weighted by Gasteiger charge is 2.25. The summed E-state index contributed by atoms with van der Waals surface area (Å²) in [5, 5.41) is 0. The standard InChI is InChI=1S/C24H27N7O/c1-18-26-20(17-30(18)16-19-7-5-9-25-15-19)23-27-22(21-8-3-4-12-31(21)23)24(32)29-11-6-10-28(2)13-14-29/h3-5,7-9,12,15,17H,6,10-11,13-14,16H2,1-2H3. The molecule has 0 saturated carbocycles. The highest BCUT2D eigenvalue weighted by Crippen LogP contribution is 2.24. The van der Waals surface area contributed by atoms with E-state index in [4.69, 9.17) is 9.97 Å². The molecule has 5 heterocycles. The van der Waals surface area contributed by atoms with E-state index >= 15 is 0 Å². The molecule has 4 aromatic heterocycles. The van der Waals surface area contributed by atoms with Gasteiger partial charge < -0.3 is 14.4 Å². The first-order valence-corrected chi connectivity index (χ1v) is 11.0. The third-order valence-corrected chi connectivity index (χ3v) is 6.04. The molecule has 0 N–H and O–H groups in total. The Kier molecular flexibility index (Phi) is 5.45. The van der Waals surface area contributed by atoms with Crippen molar-refractivity contribution in [2.75, 3.05) is 33.2 Å². The molecule has 0 bridgehead atoms. The van der Waals surface area contributed by atoms with Gasteiger partial charge in [0.05, 0.1) is 12.1 Å². The van der Waals surface area contributed by atoms with Crippen molar-refractivity contribution in [1.29, 1.82) is 0 Å². The van der Waals surface area contributed by atoms with Gasteiger partial charge in [0, 0.05) is 44.4 Å². The third kappa shape index (κ3) is 3.89. The highest BCUT2D eigenvalue weighted by atomic mass is 16.2. The summed E-state index contributed by atoms with van der Waals surface area (Å²) in [7, 11) is 2.10. The Labute approximate surface area is 187 Å². The fourth-order valence-electron chi connectivity index (χ4n) is 4.24. The first-order valence-electron chi connectivity index (χ1n) is 11.0. The van der Waals surface area contributed by atoms with Gasteiger partial charge in [-0.05, 0) is 50.7 Å². The maximum Gasteiger partial charge on any atom is 0.274 e. The number of pyridine rings is 2. The lowest BCUT2D eigenvalue weighted by atomic mass is 10.3. The van der Waals surface area contributed by atoms with Gasteiger partial charge in [-0.3, -0.25) is 14.2 Å². The second-order valence-electron chi connectivity index (χ2n) is 8.35. The van der Waals surface area contributed by atoms with Crippen LogP contribution in [0.1, 0.15) is 28.3 Å². The molecule has 1 amide bonds. The normalized spacial score (nSPS) is 15.2. The number of imidazole rings is 2. The van der Waals surface area contributed by atoms with Gasteiger partial charge in [-0.15, -0.1) is 0 Å². The molecule has 164 valence electrons. The van der Waals surface area contributed by atoms with Gasteiger partial charge >= 0.3 is 0 Å². The number of aryl methyl sites for hydroxylation is 1. The van der Waals surface area contributed by atoms with E-state index in [1.807, 2.05) is 65.1 Å². The summed E-state index contributed by atoms with van der Waals surface area (Å²) in [4.78, 5) is 31.4. The van der Waals surface area contributed by atoms with Crippen molar-refractivity contribution >= 4 is 11.4 Å². The number of hydrogen-bond acceptors (Lipinski definition) is 5. The minimum absolute atomic E-state index is 0.0123. The predicted octanol–water partition coefficient (Wildman–Crippen LogP) is 2.73. The molecular weight excluding hydrogens is 402 g/mol. The van der Waals surface area contributed by atoms with Crippen LogP contribution in [0.2, 0.25) is 0 Å². The molecule has 4 aromatic rings. The Morgan fingerprint density at radius 3 is 2.81 bits per heavy atom. The summed E-state index contributed by atoms with van der Waals surface area (Å²) in [6.07, 6.45) is 8.55. The first-order chi connectivity index (χ1) is 15.6. The van der Waals surface area contributed by atoms with E-state index in [-0.39, 0.29) is 5.91 Å². The topological polar surface area (TPSA) is 71.6 Å². The fraction of sp³-hybridized carbons (Fsp3) is 0.333. The van der Waals surface area contributed by atoms with Crippen molar-refractivity contribution in [1.82, 2.24) is 33.7 Å². The second-order valence-corrected chi connectivity index (χ2v) is 8.35. The Morgan fingerprint density at radius 1 is 1.06 bits per heavy atom. The van der Waals surface area contributed by atoms with Gasteiger partial charge in [0.1, 0.15) is 11.5 Å². The monoisotopic (exact) mass is 429 g/mol. The molecule has 32 heavy (non-hydrogen) atoms. The molecule has 0 spiro atoms. The van der Waals surface area contributed by atoms with Crippen LogP contribution >= 0.6 is 0 Å². The van der Waals surface area contributed by atoms with Crippen LogP contribution < -0.4 is 0 Å². The van der Waals surface area contributed by atoms with Gasteiger partial charge in [0.2, 0.25) is 0 Å². The number of hydrogen-bond donors (Lipinski definition) is 0. The zero-order valence-corrected chi connectivity index (χ0v) is 18.5. The van der Waals surface area contributed by atoms with Crippen molar-refractivity contribution in [3.05, 3.63) is 72.2 Å². The van der Waals surface area contributed by atoms with E-state index in [1.165, 1.54) is 0 Å². The van der Waals surface area contributed by atoms with Gasteiger partial charge in [-0.1, -0.05) is 12.1 Å². The van der Waals surface area contributed by atoms with E-state index in [0.717, 1.165) is 55.2 Å². The van der Waals surface area contributed by atoms with Gasteiger partial charge in [0.15, 0.2) is 11.5 Å². The number of fused-ring (bicyclic) bond motifs is 1. The molecule has 0 aliphatic carbocycles. The lowest BCUT2D eigenvalue weighted by Gasteiger charge is -2.19. The maximum absolute atomic E-state index is 13.4. The number of carbonyl (C=O) groups is 1. The maximum atomic E-state index is 13.4. The van der Waals surface area contributed by atoms with Crippen molar-refractivity contribution in [3.8, 4) is 11.5 Å². The summed E-state index contributed by atoms with van der Waals surface area (Å²) in [6.45, 7) is 6.02. The van der Waals surface area contributed by atoms with Crippen molar-refractivity contribution in [2.45, 2.75) is 19.9 Å². The van der Waals surface area contributed by atoms with E-state index in [9.17, 15) is 4.79 Å². The number of rotatable bonds is 4. The average molecular weight is 430 g/mol. The Bertz CT molecular complexity index is 1240. The number of amides is 1. The average Bonchev–Trinajstić information content (AvgIpc) is 3.28. The van der Waals surface area contributed by atoms with E-state index in [1.54, 1.807) is 6.20 Å². The minimum Gasteiger partial charge on any atom is -0.336 e. The largest absolute Gasteiger partial charge is 0.336 e. The lowest BCUT2D eigenvalue weighted by molar-refractivity contribution is 0.0759. The molecule has 0 unspecified atom stereocenters. The Hall–Kier alpha value is -3.52. The summed E-state index contributed by atoms with van der Waals surface area (Å²) in [5.41, 5.74) is 3.16. The fourth-order valence-corrected chi connectivity index (χ4v) is 4.24. The number of likely N-dealkylation sites (N-methyl/N-ethyl adjacent to an activating group) is 1. The molecule has 1 aliphatic heterocycles. The summed E-state index contributed by atoms with van der Waals surface area (Å²) in [6, 6.07) is 9.83. The van der Waals surface area contributed by atoms with Gasteiger partial charge in [-0.25, -0.2) is 9.97 Å². The molecule has 5 rings (SSSR count). The van der Waals surface area contributed by atoms with Crippen LogP contribution in [-0.4, -0.2) is 72.9 Å². The number of nitrogens with zero attached hydrogens (tertiary/aromatic N) is 7. The van der Waals surface area contributed by atoms with Crippen LogP contribution in [0.4, 0.5) is 0 Å². The number of carbonyl (C=O) groups excluding carboxylic acids is 1. The summed E-state index contributed by atoms with van der Waals surface area (Å²) in [5.74, 6) is 1.56. The summed E-state index contributed by atoms with van der Waals surface area (Å²) >= 11 is 0. The lowest BCUT2D eigenvalue weighted by Crippen LogP contribution is -2.34. The molecule has 8 nitrogen and oxygen atoms in total. The number of aromatic nitrogens is 5. The SMILES string of the molecule is Cc1nc(-c2nc(C(=O)N3CCCN(C)CC3)c3ccccn23)cn1Cc1cccnc1. The van der Waals surface area contributed by atoms with Gasteiger partial charge in [0.25, 0.3) is 5.91 Å². The highest BCUT2D eigenvalue weighted by molar-refractivity contribution is 6.00.